The van der Waals surface area contributed by atoms with Gasteiger partial charge < -0.3 is 4.74 Å². The largest absolute Gasteiger partial charge is 0.426 e. The second-order valence-electron chi connectivity index (χ2n) is 10.5. The van der Waals surface area contributed by atoms with Gasteiger partial charge in [-0.3, -0.25) is 9.79 Å². The highest BCUT2D eigenvalue weighted by molar-refractivity contribution is 7.15. The average molecular weight is 623 g/mol. The lowest BCUT2D eigenvalue weighted by Gasteiger charge is -2.10. The standard InChI is InChI=1S/C37H29F3N2O2S/c1-42-23-30-15-18-36(45-30)25-9-7-24(8-10-25)5-3-2-4-6-37(43)44-29-14-17-32(35(40)21-29)27-13-16-31(34(39)20-27)26-11-12-28(22-41)33(38)19-26/h7-21H,1-6,23H2. The molecular weight excluding hydrogens is 593 g/mol. The first-order chi connectivity index (χ1) is 21.8. The van der Waals surface area contributed by atoms with Crippen LogP contribution in [0.15, 0.2) is 96.0 Å². The van der Waals surface area contributed by atoms with E-state index in [-0.39, 0.29) is 40.0 Å². The fourth-order valence-corrected chi connectivity index (χ4v) is 5.97. The Bertz CT molecular complexity index is 1880. The second-order valence-corrected chi connectivity index (χ2v) is 11.7. The first kappa shape index (κ1) is 31.4. The van der Waals surface area contributed by atoms with E-state index >= 15 is 0 Å². The summed E-state index contributed by atoms with van der Waals surface area (Å²) in [5, 5.41) is 8.90. The number of nitriles is 1. The van der Waals surface area contributed by atoms with Crippen LogP contribution < -0.4 is 4.74 Å². The smallest absolute Gasteiger partial charge is 0.311 e. The summed E-state index contributed by atoms with van der Waals surface area (Å²) in [6.07, 6.45) is 3.56. The lowest BCUT2D eigenvalue weighted by atomic mass is 9.98. The number of hydrogen-bond acceptors (Lipinski definition) is 5. The summed E-state index contributed by atoms with van der Waals surface area (Å²) in [4.78, 5) is 18.7. The maximum absolute atomic E-state index is 14.9. The van der Waals surface area contributed by atoms with E-state index in [0.717, 1.165) is 37.5 Å². The van der Waals surface area contributed by atoms with Crippen molar-refractivity contribution in [2.45, 2.75) is 38.6 Å². The van der Waals surface area contributed by atoms with Gasteiger partial charge in [0.1, 0.15) is 29.3 Å². The number of unbranched alkanes of at least 4 members (excludes halogenated alkanes) is 2. The van der Waals surface area contributed by atoms with E-state index in [0.29, 0.717) is 13.0 Å². The van der Waals surface area contributed by atoms with Crippen molar-refractivity contribution < 1.29 is 22.7 Å². The van der Waals surface area contributed by atoms with Gasteiger partial charge in [0.15, 0.2) is 0 Å². The van der Waals surface area contributed by atoms with Crippen molar-refractivity contribution in [3.8, 4) is 44.5 Å². The van der Waals surface area contributed by atoms with Crippen molar-refractivity contribution >= 4 is 24.0 Å². The Morgan fingerprint density at radius 1 is 0.778 bits per heavy atom. The molecule has 8 heteroatoms. The maximum Gasteiger partial charge on any atom is 0.311 e. The third-order valence-corrected chi connectivity index (χ3v) is 8.49. The van der Waals surface area contributed by atoms with E-state index in [1.54, 1.807) is 17.4 Å². The molecule has 1 heterocycles. The molecule has 226 valence electrons. The summed E-state index contributed by atoms with van der Waals surface area (Å²) < 4.78 is 49.2. The second kappa shape index (κ2) is 14.7. The quantitative estimate of drug-likeness (QED) is 0.0602. The molecule has 0 spiro atoms. The molecule has 0 saturated heterocycles. The number of benzene rings is 4. The molecule has 4 nitrogen and oxygen atoms in total. The fourth-order valence-electron chi connectivity index (χ4n) is 5.01. The predicted octanol–water partition coefficient (Wildman–Crippen LogP) is 9.95. The monoisotopic (exact) mass is 622 g/mol. The number of rotatable bonds is 12. The summed E-state index contributed by atoms with van der Waals surface area (Å²) in [6.45, 7) is 4.18. The molecule has 0 fully saturated rings. The van der Waals surface area contributed by atoms with E-state index in [4.69, 9.17) is 10.00 Å². The van der Waals surface area contributed by atoms with Crippen LogP contribution in [0.25, 0.3) is 32.7 Å². The van der Waals surface area contributed by atoms with Crippen molar-refractivity contribution in [2.24, 2.45) is 4.99 Å². The van der Waals surface area contributed by atoms with Crippen molar-refractivity contribution in [3.05, 3.63) is 124 Å². The van der Waals surface area contributed by atoms with Crippen LogP contribution in [0.3, 0.4) is 0 Å². The molecule has 1 aromatic heterocycles. The molecule has 0 amide bonds. The summed E-state index contributed by atoms with van der Waals surface area (Å²) in [5.74, 6) is -2.46. The number of aryl methyl sites for hydroxylation is 1. The molecule has 0 aliphatic heterocycles. The first-order valence-electron chi connectivity index (χ1n) is 14.5. The number of thiophene rings is 1. The third kappa shape index (κ3) is 7.94. The number of ether oxygens (including phenoxy) is 1. The molecule has 0 N–H and O–H groups in total. The van der Waals surface area contributed by atoms with Crippen molar-refractivity contribution in [1.82, 2.24) is 0 Å². The van der Waals surface area contributed by atoms with Gasteiger partial charge in [-0.15, -0.1) is 11.3 Å². The molecule has 0 saturated carbocycles. The summed E-state index contributed by atoms with van der Waals surface area (Å²) >= 11 is 1.72. The molecule has 0 aliphatic carbocycles. The Balaban J connectivity index is 1.09. The average Bonchev–Trinajstić information content (AvgIpc) is 3.50. The number of halogens is 3. The summed E-state index contributed by atoms with van der Waals surface area (Å²) in [5.41, 5.74) is 3.06. The van der Waals surface area contributed by atoms with Crippen LogP contribution in [0.4, 0.5) is 13.2 Å². The van der Waals surface area contributed by atoms with Crippen molar-refractivity contribution in [2.75, 3.05) is 0 Å². The van der Waals surface area contributed by atoms with Crippen molar-refractivity contribution in [1.29, 1.82) is 5.26 Å². The summed E-state index contributed by atoms with van der Waals surface area (Å²) in [7, 11) is 0. The summed E-state index contributed by atoms with van der Waals surface area (Å²) in [6, 6.07) is 26.3. The zero-order chi connectivity index (χ0) is 31.8. The predicted molar refractivity (Wildman–Crippen MR) is 173 cm³/mol. The van der Waals surface area contributed by atoms with Crippen LogP contribution in [0, 0.1) is 28.8 Å². The van der Waals surface area contributed by atoms with Gasteiger partial charge in [0.25, 0.3) is 0 Å². The topological polar surface area (TPSA) is 62.4 Å². The Hall–Kier alpha value is -5.00. The number of hydrogen-bond donors (Lipinski definition) is 0. The molecule has 45 heavy (non-hydrogen) atoms. The zero-order valence-electron chi connectivity index (χ0n) is 24.4. The minimum Gasteiger partial charge on any atom is -0.426 e. The molecule has 0 bridgehead atoms. The molecule has 0 radical (unpaired) electrons. The van der Waals surface area contributed by atoms with E-state index in [1.165, 1.54) is 57.3 Å². The van der Waals surface area contributed by atoms with E-state index in [1.807, 2.05) is 0 Å². The normalized spacial score (nSPS) is 10.8. The SMILES string of the molecule is C=NCc1ccc(-c2ccc(CCCCCC(=O)Oc3ccc(-c4ccc(-c5ccc(C#N)c(F)c5)c(F)c4)c(F)c3)cc2)s1. The number of carbonyl (C=O) groups is 1. The van der Waals surface area contributed by atoms with Crippen LogP contribution in [0.2, 0.25) is 0 Å². The number of carbonyl (C=O) groups excluding carboxylic acids is 1. The molecule has 5 aromatic rings. The highest BCUT2D eigenvalue weighted by atomic mass is 32.1. The van der Waals surface area contributed by atoms with Crippen LogP contribution in [0.1, 0.15) is 41.7 Å². The van der Waals surface area contributed by atoms with E-state index in [9.17, 15) is 18.0 Å². The molecule has 5 rings (SSSR count). The van der Waals surface area contributed by atoms with Gasteiger partial charge >= 0.3 is 5.97 Å². The highest BCUT2D eigenvalue weighted by Gasteiger charge is 2.14. The van der Waals surface area contributed by atoms with Gasteiger partial charge in [-0.1, -0.05) is 48.9 Å². The third-order valence-electron chi connectivity index (χ3n) is 7.37. The first-order valence-corrected chi connectivity index (χ1v) is 15.3. The highest BCUT2D eigenvalue weighted by Crippen LogP contribution is 2.32. The zero-order valence-corrected chi connectivity index (χ0v) is 25.2. The Morgan fingerprint density at radius 2 is 1.44 bits per heavy atom. The minimum absolute atomic E-state index is 0.0742. The van der Waals surface area contributed by atoms with Gasteiger partial charge in [-0.2, -0.15) is 5.26 Å². The van der Waals surface area contributed by atoms with Crippen LogP contribution >= 0.6 is 11.3 Å². The number of nitrogens with zero attached hydrogens (tertiary/aromatic N) is 2. The Kier molecular flexibility index (Phi) is 10.2. The van der Waals surface area contributed by atoms with Crippen molar-refractivity contribution in [3.63, 3.8) is 0 Å². The van der Waals surface area contributed by atoms with Crippen LogP contribution in [-0.2, 0) is 17.8 Å². The van der Waals surface area contributed by atoms with Gasteiger partial charge in [0.2, 0.25) is 0 Å². The Morgan fingerprint density at radius 3 is 2.11 bits per heavy atom. The van der Waals surface area contributed by atoms with Gasteiger partial charge in [-0.05, 0) is 90.7 Å². The molecular formula is C37H29F3N2O2S. The van der Waals surface area contributed by atoms with Gasteiger partial charge in [0, 0.05) is 33.4 Å². The van der Waals surface area contributed by atoms with Crippen LogP contribution in [-0.4, -0.2) is 12.7 Å². The van der Waals surface area contributed by atoms with E-state index < -0.39 is 23.4 Å². The number of aliphatic imine (C=N–C) groups is 1. The molecule has 0 unspecified atom stereocenters. The molecule has 0 atom stereocenters. The van der Waals surface area contributed by atoms with Gasteiger partial charge in [0.05, 0.1) is 12.1 Å². The lowest BCUT2D eigenvalue weighted by molar-refractivity contribution is -0.134. The minimum atomic E-state index is -0.748. The Labute approximate surface area is 264 Å². The van der Waals surface area contributed by atoms with Gasteiger partial charge in [-0.25, -0.2) is 13.2 Å². The lowest BCUT2D eigenvalue weighted by Crippen LogP contribution is -2.07. The van der Waals surface area contributed by atoms with Crippen LogP contribution in [0.5, 0.6) is 5.75 Å². The van der Waals surface area contributed by atoms with E-state index in [2.05, 4.69) is 48.1 Å². The molecule has 4 aromatic carbocycles. The molecule has 0 aliphatic rings. The fraction of sp³-hybridized carbons (Fsp3) is 0.162. The maximum atomic E-state index is 14.9. The number of esters is 1.